The molecular weight excluding hydrogens is 225 g/mol. The molecule has 0 bridgehead atoms. The molecule has 7 heteroatoms. The van der Waals surface area contributed by atoms with Crippen molar-refractivity contribution in [1.29, 1.82) is 0 Å². The van der Waals surface area contributed by atoms with E-state index >= 15 is 0 Å². The lowest BCUT2D eigenvalue weighted by molar-refractivity contribution is -0.384. The molecule has 0 aliphatic rings. The molecule has 5 nitrogen and oxygen atoms in total. The van der Waals surface area contributed by atoms with Gasteiger partial charge in [0, 0.05) is 17.0 Å². The molecule has 0 heterocycles. The standard InChI is InChI=1S/C7H8NO4PS/c9-8(10)6-1-3-7(4-2-6)14-5-13(11)12/h1-4,13H,5H2,(H,11,12). The molecule has 0 aliphatic heterocycles. The van der Waals surface area contributed by atoms with Crippen LogP contribution in [0.1, 0.15) is 0 Å². The zero-order chi connectivity index (χ0) is 10.6. The predicted molar refractivity (Wildman–Crippen MR) is 55.0 cm³/mol. The molecule has 1 N–H and O–H groups in total. The van der Waals surface area contributed by atoms with Crippen molar-refractivity contribution in [3.05, 3.63) is 34.4 Å². The lowest BCUT2D eigenvalue weighted by Crippen LogP contribution is -1.86. The van der Waals surface area contributed by atoms with E-state index in [1.807, 2.05) is 0 Å². The van der Waals surface area contributed by atoms with Gasteiger partial charge in [-0.25, -0.2) is 0 Å². The highest BCUT2D eigenvalue weighted by atomic mass is 32.2. The molecule has 0 saturated carbocycles. The lowest BCUT2D eigenvalue weighted by Gasteiger charge is -1.97. The Hall–Kier alpha value is -0.840. The zero-order valence-electron chi connectivity index (χ0n) is 7.04. The van der Waals surface area contributed by atoms with E-state index in [0.717, 1.165) is 4.90 Å². The van der Waals surface area contributed by atoms with E-state index in [9.17, 15) is 14.7 Å². The van der Waals surface area contributed by atoms with Crippen LogP contribution in [-0.2, 0) is 4.57 Å². The first-order valence-electron chi connectivity index (χ1n) is 3.68. The number of nitro groups is 1. The van der Waals surface area contributed by atoms with E-state index in [0.29, 0.717) is 0 Å². The summed E-state index contributed by atoms with van der Waals surface area (Å²) >= 11 is 1.21. The van der Waals surface area contributed by atoms with Crippen LogP contribution in [0.25, 0.3) is 0 Å². The molecule has 1 aromatic carbocycles. The molecule has 1 rings (SSSR count). The second-order valence-corrected chi connectivity index (χ2v) is 5.14. The third-order valence-corrected chi connectivity index (χ3v) is 3.58. The second-order valence-electron chi connectivity index (χ2n) is 2.43. The Kier molecular flexibility index (Phi) is 4.13. The number of hydrogen-bond donors (Lipinski definition) is 1. The number of thioether (sulfide) groups is 1. The summed E-state index contributed by atoms with van der Waals surface area (Å²) in [5.41, 5.74) is 0.161. The normalized spacial score (nSPS) is 12.4. The van der Waals surface area contributed by atoms with Crippen molar-refractivity contribution in [2.45, 2.75) is 4.90 Å². The molecule has 0 aliphatic carbocycles. The van der Waals surface area contributed by atoms with Crippen molar-refractivity contribution in [2.75, 3.05) is 5.49 Å². The number of nitrogens with zero attached hydrogens (tertiary/aromatic N) is 1. The van der Waals surface area contributed by atoms with Crippen LogP contribution in [0.4, 0.5) is 5.69 Å². The maximum absolute atomic E-state index is 10.4. The monoisotopic (exact) mass is 233 g/mol. The summed E-state index contributed by atoms with van der Waals surface area (Å²) in [6, 6.07) is 5.87. The van der Waals surface area contributed by atoms with Gasteiger partial charge in [-0.3, -0.25) is 14.7 Å². The summed E-state index contributed by atoms with van der Waals surface area (Å²) in [7, 11) is -2.48. The Labute approximate surface area is 85.2 Å². The molecule has 1 atom stereocenters. The molecule has 0 aromatic heterocycles. The summed E-state index contributed by atoms with van der Waals surface area (Å²) in [5.74, 6) is 0. The highest BCUT2D eigenvalue weighted by molar-refractivity contribution is 8.03. The fourth-order valence-electron chi connectivity index (χ4n) is 0.809. The second kappa shape index (κ2) is 5.14. The van der Waals surface area contributed by atoms with Crippen LogP contribution in [0.2, 0.25) is 0 Å². The summed E-state index contributed by atoms with van der Waals surface area (Å²) in [6.07, 6.45) is 0. The average molecular weight is 233 g/mol. The van der Waals surface area contributed by atoms with E-state index in [-0.39, 0.29) is 11.2 Å². The number of non-ortho nitro benzene ring substituents is 1. The molecule has 14 heavy (non-hydrogen) atoms. The summed E-state index contributed by atoms with van der Waals surface area (Å²) < 4.78 is 10.4. The molecule has 0 spiro atoms. The molecule has 1 aromatic rings. The highest BCUT2D eigenvalue weighted by Gasteiger charge is 2.04. The van der Waals surface area contributed by atoms with Gasteiger partial charge in [0.1, 0.15) is 0 Å². The van der Waals surface area contributed by atoms with Gasteiger partial charge in [-0.05, 0) is 12.1 Å². The van der Waals surface area contributed by atoms with Gasteiger partial charge in [-0.15, -0.1) is 11.8 Å². The van der Waals surface area contributed by atoms with E-state index < -0.39 is 13.0 Å². The largest absolute Gasteiger partial charge is 0.346 e. The zero-order valence-corrected chi connectivity index (χ0v) is 8.86. The Morgan fingerprint density at radius 2 is 2.00 bits per heavy atom. The topological polar surface area (TPSA) is 80.4 Å². The van der Waals surface area contributed by atoms with Crippen LogP contribution < -0.4 is 0 Å². The van der Waals surface area contributed by atoms with Gasteiger partial charge >= 0.3 is 0 Å². The Morgan fingerprint density at radius 1 is 1.43 bits per heavy atom. The Balaban J connectivity index is 2.64. The Bertz CT molecular complexity index is 353. The van der Waals surface area contributed by atoms with Gasteiger partial charge in [0.05, 0.1) is 10.4 Å². The van der Waals surface area contributed by atoms with E-state index in [1.165, 1.54) is 23.9 Å². The smallest absolute Gasteiger partial charge is 0.269 e. The van der Waals surface area contributed by atoms with Gasteiger partial charge in [-0.1, -0.05) is 0 Å². The van der Waals surface area contributed by atoms with Crippen molar-refractivity contribution in [3.63, 3.8) is 0 Å². The minimum absolute atomic E-state index is 0.0194. The summed E-state index contributed by atoms with van der Waals surface area (Å²) in [5, 5.41) is 10.3. The average Bonchev–Trinajstić information content (AvgIpc) is 2.15. The fraction of sp³-hybridized carbons (Fsp3) is 0.143. The highest BCUT2D eigenvalue weighted by Crippen LogP contribution is 2.28. The third kappa shape index (κ3) is 3.49. The predicted octanol–water partition coefficient (Wildman–Crippen LogP) is 2.11. The van der Waals surface area contributed by atoms with Crippen molar-refractivity contribution >= 4 is 25.5 Å². The molecule has 0 fully saturated rings. The first-order chi connectivity index (χ1) is 6.59. The van der Waals surface area contributed by atoms with Crippen molar-refractivity contribution in [1.82, 2.24) is 0 Å². The van der Waals surface area contributed by atoms with Crippen molar-refractivity contribution < 1.29 is 14.4 Å². The van der Waals surface area contributed by atoms with Crippen LogP contribution in [0.15, 0.2) is 29.2 Å². The van der Waals surface area contributed by atoms with Gasteiger partial charge in [0.2, 0.25) is 0 Å². The Morgan fingerprint density at radius 3 is 2.43 bits per heavy atom. The summed E-state index contributed by atoms with van der Waals surface area (Å²) in [4.78, 5) is 19.1. The molecule has 0 radical (unpaired) electrons. The van der Waals surface area contributed by atoms with Crippen LogP contribution in [0, 0.1) is 10.1 Å². The van der Waals surface area contributed by atoms with Gasteiger partial charge in [0.15, 0.2) is 8.03 Å². The molecular formula is C7H8NO4PS. The fourth-order valence-corrected chi connectivity index (χ4v) is 2.30. The minimum Gasteiger partial charge on any atom is -0.346 e. The molecule has 0 amide bonds. The first kappa shape index (κ1) is 11.2. The maximum atomic E-state index is 10.4. The maximum Gasteiger partial charge on any atom is 0.269 e. The first-order valence-corrected chi connectivity index (χ1v) is 6.23. The SMILES string of the molecule is O=[N+]([O-])c1ccc(SC[PH](=O)O)cc1. The lowest BCUT2D eigenvalue weighted by atomic mass is 10.3. The number of nitro benzene ring substituents is 1. The van der Waals surface area contributed by atoms with Crippen molar-refractivity contribution in [3.8, 4) is 0 Å². The van der Waals surface area contributed by atoms with Gasteiger partial charge in [0.25, 0.3) is 5.69 Å². The molecule has 76 valence electrons. The van der Waals surface area contributed by atoms with E-state index in [1.54, 1.807) is 12.1 Å². The number of rotatable bonds is 4. The third-order valence-electron chi connectivity index (χ3n) is 1.41. The van der Waals surface area contributed by atoms with Crippen LogP contribution in [0.3, 0.4) is 0 Å². The quantitative estimate of drug-likeness (QED) is 0.373. The minimum atomic E-state index is -2.48. The number of hydrogen-bond acceptors (Lipinski definition) is 4. The van der Waals surface area contributed by atoms with Gasteiger partial charge < -0.3 is 4.89 Å². The molecule has 0 saturated heterocycles. The van der Waals surface area contributed by atoms with Crippen LogP contribution >= 0.6 is 19.8 Å². The van der Waals surface area contributed by atoms with E-state index in [4.69, 9.17) is 4.89 Å². The molecule has 1 unspecified atom stereocenters. The summed E-state index contributed by atoms with van der Waals surface area (Å²) in [6.45, 7) is 0. The van der Waals surface area contributed by atoms with Crippen LogP contribution in [-0.4, -0.2) is 15.3 Å². The number of benzene rings is 1. The van der Waals surface area contributed by atoms with Crippen LogP contribution in [0.5, 0.6) is 0 Å². The van der Waals surface area contributed by atoms with Gasteiger partial charge in [-0.2, -0.15) is 0 Å². The van der Waals surface area contributed by atoms with Crippen molar-refractivity contribution in [2.24, 2.45) is 0 Å². The van der Waals surface area contributed by atoms with E-state index in [2.05, 4.69) is 0 Å².